The van der Waals surface area contributed by atoms with Crippen molar-refractivity contribution in [3.63, 3.8) is 0 Å². The van der Waals surface area contributed by atoms with Gasteiger partial charge in [0.15, 0.2) is 0 Å². The van der Waals surface area contributed by atoms with Crippen LogP contribution in [-0.2, 0) is 0 Å². The van der Waals surface area contributed by atoms with Crippen LogP contribution in [0.1, 0.15) is 122 Å². The molecule has 0 radical (unpaired) electrons. The number of phenolic OH excluding ortho intramolecular Hbond substituents is 2. The summed E-state index contributed by atoms with van der Waals surface area (Å²) >= 11 is 0. The van der Waals surface area contributed by atoms with Gasteiger partial charge in [-0.2, -0.15) is 0 Å². The maximum Gasteiger partial charge on any atom is 0.119 e. The third-order valence-electron chi connectivity index (χ3n) is 5.46. The fraction of sp³-hybridized carbons (Fsp3) is 0.692. The van der Waals surface area contributed by atoms with Crippen molar-refractivity contribution >= 4 is 6.08 Å². The number of benzene rings is 1. The summed E-state index contributed by atoms with van der Waals surface area (Å²) in [6.07, 6.45) is 27.5. The lowest BCUT2D eigenvalue weighted by molar-refractivity contribution is 0.450. The van der Waals surface area contributed by atoms with Gasteiger partial charge in [0.05, 0.1) is 0 Å². The van der Waals surface area contributed by atoms with Crippen LogP contribution in [0.3, 0.4) is 0 Å². The lowest BCUT2D eigenvalue weighted by Crippen LogP contribution is -1.83. The van der Waals surface area contributed by atoms with Crippen molar-refractivity contribution in [3.8, 4) is 11.5 Å². The van der Waals surface area contributed by atoms with Gasteiger partial charge in [-0.15, -0.1) is 0 Å². The molecule has 28 heavy (non-hydrogen) atoms. The van der Waals surface area contributed by atoms with E-state index in [9.17, 15) is 10.2 Å². The number of aromatic hydroxyl groups is 2. The molecule has 0 spiro atoms. The molecule has 0 fully saturated rings. The largest absolute Gasteiger partial charge is 0.508 e. The topological polar surface area (TPSA) is 40.5 Å². The molecule has 0 bridgehead atoms. The maximum atomic E-state index is 9.45. The average Bonchev–Trinajstić information content (AvgIpc) is 2.66. The Morgan fingerprint density at radius 3 is 1.39 bits per heavy atom. The third kappa shape index (κ3) is 14.6. The molecular weight excluding hydrogens is 344 g/mol. The lowest BCUT2D eigenvalue weighted by Gasteiger charge is -2.03. The highest BCUT2D eigenvalue weighted by Crippen LogP contribution is 2.21. The Labute approximate surface area is 174 Å². The van der Waals surface area contributed by atoms with Crippen molar-refractivity contribution in [3.05, 3.63) is 29.8 Å². The summed E-state index contributed by atoms with van der Waals surface area (Å²) in [6, 6.07) is 4.70. The van der Waals surface area contributed by atoms with Gasteiger partial charge in [0, 0.05) is 6.07 Å². The zero-order valence-corrected chi connectivity index (χ0v) is 18.3. The van der Waals surface area contributed by atoms with Crippen LogP contribution in [-0.4, -0.2) is 10.2 Å². The van der Waals surface area contributed by atoms with E-state index in [0.717, 1.165) is 12.0 Å². The van der Waals surface area contributed by atoms with Crippen molar-refractivity contribution in [2.45, 2.75) is 116 Å². The zero-order valence-electron chi connectivity index (χ0n) is 18.3. The van der Waals surface area contributed by atoms with Gasteiger partial charge in [-0.05, 0) is 30.5 Å². The molecule has 0 atom stereocenters. The molecule has 0 saturated heterocycles. The van der Waals surface area contributed by atoms with Gasteiger partial charge in [-0.3, -0.25) is 0 Å². The van der Waals surface area contributed by atoms with E-state index in [1.807, 2.05) is 6.08 Å². The number of allylic oxidation sites excluding steroid dienone is 1. The Hall–Kier alpha value is -1.44. The molecule has 2 heteroatoms. The minimum absolute atomic E-state index is 0.113. The van der Waals surface area contributed by atoms with Gasteiger partial charge in [0.1, 0.15) is 11.5 Å². The fourth-order valence-electron chi connectivity index (χ4n) is 3.74. The molecule has 0 unspecified atom stereocenters. The molecule has 2 nitrogen and oxygen atoms in total. The Morgan fingerprint density at radius 2 is 0.964 bits per heavy atom. The molecule has 0 aliphatic heterocycles. The van der Waals surface area contributed by atoms with Gasteiger partial charge < -0.3 is 10.2 Å². The van der Waals surface area contributed by atoms with Crippen LogP contribution >= 0.6 is 0 Å². The standard InChI is InChI=1S/C26H44O2/c1-2-3-4-5-6-7-8-9-10-11-12-13-14-15-16-17-18-19-20-24-21-25(27)23-26(28)22-24/h19-23,27-28H,2-18H2,1H3. The number of rotatable bonds is 18. The highest BCUT2D eigenvalue weighted by Gasteiger charge is 1.96. The van der Waals surface area contributed by atoms with Crippen molar-refractivity contribution in [2.24, 2.45) is 0 Å². The summed E-state index contributed by atoms with van der Waals surface area (Å²) in [7, 11) is 0. The normalized spacial score (nSPS) is 11.5. The van der Waals surface area contributed by atoms with Crippen LogP contribution in [0.2, 0.25) is 0 Å². The van der Waals surface area contributed by atoms with Crippen LogP contribution in [0.25, 0.3) is 6.08 Å². The number of unbranched alkanes of at least 4 members (excludes halogenated alkanes) is 16. The van der Waals surface area contributed by atoms with E-state index in [2.05, 4.69) is 13.0 Å². The van der Waals surface area contributed by atoms with Gasteiger partial charge in [-0.1, -0.05) is 115 Å². The Morgan fingerprint density at radius 1 is 0.571 bits per heavy atom. The Balaban J connectivity index is 1.81. The molecule has 0 heterocycles. The lowest BCUT2D eigenvalue weighted by atomic mass is 10.0. The van der Waals surface area contributed by atoms with E-state index in [-0.39, 0.29) is 11.5 Å². The average molecular weight is 389 g/mol. The molecule has 0 aliphatic carbocycles. The first kappa shape index (κ1) is 24.6. The number of phenols is 2. The van der Waals surface area contributed by atoms with Crippen molar-refractivity contribution in [1.29, 1.82) is 0 Å². The van der Waals surface area contributed by atoms with Crippen LogP contribution in [0.15, 0.2) is 24.3 Å². The summed E-state index contributed by atoms with van der Waals surface area (Å²) in [6.45, 7) is 2.28. The highest BCUT2D eigenvalue weighted by molar-refractivity contribution is 5.54. The molecule has 0 aromatic heterocycles. The third-order valence-corrected chi connectivity index (χ3v) is 5.46. The summed E-state index contributed by atoms with van der Waals surface area (Å²) in [5.74, 6) is 0.226. The molecule has 160 valence electrons. The van der Waals surface area contributed by atoms with Gasteiger partial charge in [0.2, 0.25) is 0 Å². The summed E-state index contributed by atoms with van der Waals surface area (Å²) in [5, 5.41) is 18.9. The van der Waals surface area contributed by atoms with Gasteiger partial charge in [0.25, 0.3) is 0 Å². The molecule has 2 N–H and O–H groups in total. The maximum absolute atomic E-state index is 9.45. The molecule has 0 saturated carbocycles. The fourth-order valence-corrected chi connectivity index (χ4v) is 3.74. The first-order valence-corrected chi connectivity index (χ1v) is 11.9. The SMILES string of the molecule is CCCCCCCCCCCCCCCCCCC=Cc1cc(O)cc(O)c1. The molecule has 1 aromatic rings. The highest BCUT2D eigenvalue weighted by atomic mass is 16.3. The second-order valence-corrected chi connectivity index (χ2v) is 8.28. The molecule has 0 aliphatic rings. The molecule has 0 amide bonds. The first-order valence-electron chi connectivity index (χ1n) is 11.9. The van der Waals surface area contributed by atoms with Crippen LogP contribution in [0, 0.1) is 0 Å². The first-order chi connectivity index (χ1) is 13.7. The summed E-state index contributed by atoms with van der Waals surface area (Å²) < 4.78 is 0. The predicted molar refractivity (Wildman–Crippen MR) is 123 cm³/mol. The summed E-state index contributed by atoms with van der Waals surface area (Å²) in [5.41, 5.74) is 0.856. The van der Waals surface area contributed by atoms with Crippen molar-refractivity contribution in [2.75, 3.05) is 0 Å². The van der Waals surface area contributed by atoms with E-state index >= 15 is 0 Å². The zero-order chi connectivity index (χ0) is 20.3. The quantitative estimate of drug-likeness (QED) is 0.247. The predicted octanol–water partition coefficient (Wildman–Crippen LogP) is 8.76. The van der Waals surface area contributed by atoms with Crippen molar-refractivity contribution in [1.82, 2.24) is 0 Å². The Kier molecular flexibility index (Phi) is 15.5. The van der Waals surface area contributed by atoms with Crippen LogP contribution < -0.4 is 0 Å². The van der Waals surface area contributed by atoms with Gasteiger partial charge >= 0.3 is 0 Å². The molecule has 1 aromatic carbocycles. The summed E-state index contributed by atoms with van der Waals surface area (Å²) in [4.78, 5) is 0. The van der Waals surface area contributed by atoms with Crippen LogP contribution in [0.4, 0.5) is 0 Å². The van der Waals surface area contributed by atoms with E-state index in [1.165, 1.54) is 109 Å². The Bertz CT molecular complexity index is 487. The van der Waals surface area contributed by atoms with E-state index in [0.29, 0.717) is 0 Å². The van der Waals surface area contributed by atoms with E-state index < -0.39 is 0 Å². The smallest absolute Gasteiger partial charge is 0.119 e. The van der Waals surface area contributed by atoms with E-state index in [1.54, 1.807) is 12.1 Å². The minimum Gasteiger partial charge on any atom is -0.508 e. The van der Waals surface area contributed by atoms with Gasteiger partial charge in [-0.25, -0.2) is 0 Å². The molecular formula is C26H44O2. The number of hydrogen-bond acceptors (Lipinski definition) is 2. The second-order valence-electron chi connectivity index (χ2n) is 8.28. The minimum atomic E-state index is 0.113. The monoisotopic (exact) mass is 388 g/mol. The molecule has 1 rings (SSSR count). The van der Waals surface area contributed by atoms with E-state index in [4.69, 9.17) is 0 Å². The van der Waals surface area contributed by atoms with Crippen molar-refractivity contribution < 1.29 is 10.2 Å². The van der Waals surface area contributed by atoms with Crippen LogP contribution in [0.5, 0.6) is 11.5 Å². The second kappa shape index (κ2) is 17.6. The number of hydrogen-bond donors (Lipinski definition) is 2.